The average Bonchev–Trinajstić information content (AvgIpc) is 2.11. The molecule has 0 aliphatic heterocycles. The summed E-state index contributed by atoms with van der Waals surface area (Å²) in [5.74, 6) is 0. The molecular formula is C10H21N3O. The summed E-state index contributed by atoms with van der Waals surface area (Å²) in [7, 11) is 0. The number of nitrogens with one attached hydrogen (secondary N) is 3. The predicted octanol–water partition coefficient (Wildman–Crippen LogP) is 0.838. The summed E-state index contributed by atoms with van der Waals surface area (Å²) in [4.78, 5) is 11.2. The molecule has 14 heavy (non-hydrogen) atoms. The third-order valence-electron chi connectivity index (χ3n) is 2.51. The summed E-state index contributed by atoms with van der Waals surface area (Å²) in [6.45, 7) is 4.80. The Bertz CT molecular complexity index is 169. The fraction of sp³-hybridized carbons (Fsp3) is 0.900. The minimum Gasteiger partial charge on any atom is -0.338 e. The standard InChI is InChI=1S/C10H21N3O/c1-2-11-7-4-8-12-10(14)13-9-5-3-6-9/h9,11H,2-8H2,1H3,(H2,12,13,14). The minimum absolute atomic E-state index is 0.00815. The second-order valence-corrected chi connectivity index (χ2v) is 3.74. The highest BCUT2D eigenvalue weighted by atomic mass is 16.2. The molecule has 0 aromatic carbocycles. The van der Waals surface area contributed by atoms with Gasteiger partial charge in [-0.1, -0.05) is 6.92 Å². The molecule has 4 nitrogen and oxygen atoms in total. The van der Waals surface area contributed by atoms with Crippen molar-refractivity contribution in [2.24, 2.45) is 0 Å². The van der Waals surface area contributed by atoms with Gasteiger partial charge in [0, 0.05) is 12.6 Å². The van der Waals surface area contributed by atoms with Gasteiger partial charge in [-0.2, -0.15) is 0 Å². The molecule has 2 amide bonds. The van der Waals surface area contributed by atoms with Crippen molar-refractivity contribution < 1.29 is 4.79 Å². The molecule has 0 aromatic rings. The van der Waals surface area contributed by atoms with Crippen LogP contribution in [0.4, 0.5) is 4.79 Å². The maximum absolute atomic E-state index is 11.2. The van der Waals surface area contributed by atoms with E-state index in [4.69, 9.17) is 0 Å². The van der Waals surface area contributed by atoms with Gasteiger partial charge in [0.25, 0.3) is 0 Å². The minimum atomic E-state index is -0.00815. The van der Waals surface area contributed by atoms with E-state index in [9.17, 15) is 4.79 Å². The van der Waals surface area contributed by atoms with Gasteiger partial charge in [-0.25, -0.2) is 4.79 Å². The van der Waals surface area contributed by atoms with Crippen LogP contribution in [-0.4, -0.2) is 31.7 Å². The second kappa shape index (κ2) is 6.65. The van der Waals surface area contributed by atoms with Crippen molar-refractivity contribution >= 4 is 6.03 Å². The lowest BCUT2D eigenvalue weighted by atomic mass is 9.93. The van der Waals surface area contributed by atoms with Crippen LogP contribution in [0.1, 0.15) is 32.6 Å². The monoisotopic (exact) mass is 199 g/mol. The molecule has 4 heteroatoms. The number of carbonyl (C=O) groups is 1. The Balaban J connectivity index is 1.87. The fourth-order valence-electron chi connectivity index (χ4n) is 1.38. The van der Waals surface area contributed by atoms with E-state index < -0.39 is 0 Å². The van der Waals surface area contributed by atoms with E-state index >= 15 is 0 Å². The molecule has 0 saturated heterocycles. The van der Waals surface area contributed by atoms with Crippen LogP contribution in [0.3, 0.4) is 0 Å². The van der Waals surface area contributed by atoms with Gasteiger partial charge in [0.05, 0.1) is 0 Å². The van der Waals surface area contributed by atoms with E-state index in [2.05, 4.69) is 22.9 Å². The summed E-state index contributed by atoms with van der Waals surface area (Å²) in [5.41, 5.74) is 0. The summed E-state index contributed by atoms with van der Waals surface area (Å²) < 4.78 is 0. The van der Waals surface area contributed by atoms with Gasteiger partial charge in [0.15, 0.2) is 0 Å². The SMILES string of the molecule is CCNCCCNC(=O)NC1CCC1. The maximum atomic E-state index is 11.2. The lowest BCUT2D eigenvalue weighted by molar-refractivity contribution is 0.228. The highest BCUT2D eigenvalue weighted by Gasteiger charge is 2.18. The molecule has 1 aliphatic carbocycles. The van der Waals surface area contributed by atoms with Crippen molar-refractivity contribution in [1.82, 2.24) is 16.0 Å². The molecule has 0 heterocycles. The average molecular weight is 199 g/mol. The van der Waals surface area contributed by atoms with Crippen LogP contribution in [0.2, 0.25) is 0 Å². The Morgan fingerprint density at radius 3 is 2.71 bits per heavy atom. The molecule has 0 radical (unpaired) electrons. The molecule has 0 spiro atoms. The molecule has 3 N–H and O–H groups in total. The molecular weight excluding hydrogens is 178 g/mol. The van der Waals surface area contributed by atoms with Gasteiger partial charge in [-0.05, 0) is 38.8 Å². The molecule has 82 valence electrons. The van der Waals surface area contributed by atoms with Gasteiger partial charge >= 0.3 is 6.03 Å². The third kappa shape index (κ3) is 4.46. The van der Waals surface area contributed by atoms with Crippen molar-refractivity contribution in [1.29, 1.82) is 0 Å². The quantitative estimate of drug-likeness (QED) is 0.555. The van der Waals surface area contributed by atoms with Crippen LogP contribution in [0.15, 0.2) is 0 Å². The fourth-order valence-corrected chi connectivity index (χ4v) is 1.38. The van der Waals surface area contributed by atoms with Crippen LogP contribution in [-0.2, 0) is 0 Å². The molecule has 1 fully saturated rings. The highest BCUT2D eigenvalue weighted by Crippen LogP contribution is 2.17. The van der Waals surface area contributed by atoms with Crippen LogP contribution < -0.4 is 16.0 Å². The van der Waals surface area contributed by atoms with E-state index in [1.54, 1.807) is 0 Å². The van der Waals surface area contributed by atoms with Gasteiger partial charge in [-0.3, -0.25) is 0 Å². The summed E-state index contributed by atoms with van der Waals surface area (Å²) >= 11 is 0. The number of hydrogen-bond donors (Lipinski definition) is 3. The number of rotatable bonds is 6. The van der Waals surface area contributed by atoms with Gasteiger partial charge in [-0.15, -0.1) is 0 Å². The van der Waals surface area contributed by atoms with E-state index in [0.29, 0.717) is 6.04 Å². The largest absolute Gasteiger partial charge is 0.338 e. The van der Waals surface area contributed by atoms with Crippen molar-refractivity contribution in [3.63, 3.8) is 0 Å². The molecule has 0 aromatic heterocycles. The maximum Gasteiger partial charge on any atom is 0.315 e. The Labute approximate surface area is 85.8 Å². The summed E-state index contributed by atoms with van der Waals surface area (Å²) in [6, 6.07) is 0.426. The number of carbonyl (C=O) groups excluding carboxylic acids is 1. The van der Waals surface area contributed by atoms with Gasteiger partial charge in [0.2, 0.25) is 0 Å². The van der Waals surface area contributed by atoms with Crippen LogP contribution in [0, 0.1) is 0 Å². The Morgan fingerprint density at radius 2 is 2.14 bits per heavy atom. The molecule has 0 bridgehead atoms. The van der Waals surface area contributed by atoms with Crippen molar-refractivity contribution in [3.8, 4) is 0 Å². The summed E-state index contributed by atoms with van der Waals surface area (Å²) in [5, 5.41) is 9.00. The van der Waals surface area contributed by atoms with E-state index in [0.717, 1.165) is 38.9 Å². The molecule has 1 rings (SSSR count). The number of hydrogen-bond acceptors (Lipinski definition) is 2. The lowest BCUT2D eigenvalue weighted by Gasteiger charge is -2.26. The first-order chi connectivity index (χ1) is 6.83. The van der Waals surface area contributed by atoms with E-state index in [-0.39, 0.29) is 6.03 Å². The Kier molecular flexibility index (Phi) is 5.37. The first-order valence-corrected chi connectivity index (χ1v) is 5.58. The van der Waals surface area contributed by atoms with Crippen molar-refractivity contribution in [2.45, 2.75) is 38.6 Å². The number of urea groups is 1. The number of amides is 2. The molecule has 0 unspecified atom stereocenters. The second-order valence-electron chi connectivity index (χ2n) is 3.74. The van der Waals surface area contributed by atoms with Gasteiger partial charge in [0.1, 0.15) is 0 Å². The van der Waals surface area contributed by atoms with Crippen LogP contribution in [0.25, 0.3) is 0 Å². The first-order valence-electron chi connectivity index (χ1n) is 5.58. The van der Waals surface area contributed by atoms with Crippen LogP contribution >= 0.6 is 0 Å². The van der Waals surface area contributed by atoms with Crippen LogP contribution in [0.5, 0.6) is 0 Å². The first kappa shape index (κ1) is 11.3. The topological polar surface area (TPSA) is 53.2 Å². The lowest BCUT2D eigenvalue weighted by Crippen LogP contribution is -2.45. The summed E-state index contributed by atoms with van der Waals surface area (Å²) in [6.07, 6.45) is 4.53. The highest BCUT2D eigenvalue weighted by molar-refractivity contribution is 5.74. The van der Waals surface area contributed by atoms with E-state index in [1.165, 1.54) is 6.42 Å². The van der Waals surface area contributed by atoms with Crippen molar-refractivity contribution in [3.05, 3.63) is 0 Å². The Morgan fingerprint density at radius 1 is 1.36 bits per heavy atom. The zero-order chi connectivity index (χ0) is 10.2. The zero-order valence-corrected chi connectivity index (χ0v) is 8.94. The molecule has 1 aliphatic rings. The third-order valence-corrected chi connectivity index (χ3v) is 2.51. The Hall–Kier alpha value is -0.770. The molecule has 0 atom stereocenters. The predicted molar refractivity (Wildman–Crippen MR) is 57.3 cm³/mol. The van der Waals surface area contributed by atoms with E-state index in [1.807, 2.05) is 0 Å². The normalized spacial score (nSPS) is 16.1. The zero-order valence-electron chi connectivity index (χ0n) is 8.94. The molecule has 1 saturated carbocycles. The van der Waals surface area contributed by atoms with Gasteiger partial charge < -0.3 is 16.0 Å². The smallest absolute Gasteiger partial charge is 0.315 e. The van der Waals surface area contributed by atoms with Crippen molar-refractivity contribution in [2.75, 3.05) is 19.6 Å².